The van der Waals surface area contributed by atoms with Crippen molar-refractivity contribution in [3.8, 4) is 0 Å². The number of hydrogen-bond acceptors (Lipinski definition) is 3. The van der Waals surface area contributed by atoms with Gasteiger partial charge in [-0.15, -0.1) is 0 Å². The Kier molecular flexibility index (Phi) is 5.01. The minimum Gasteiger partial charge on any atom is -0.337 e. The van der Waals surface area contributed by atoms with Crippen LogP contribution in [0, 0.1) is 0 Å². The lowest BCUT2D eigenvalue weighted by Gasteiger charge is -2.27. The number of aryl methyl sites for hydroxylation is 1. The van der Waals surface area contributed by atoms with Gasteiger partial charge in [-0.25, -0.2) is 4.98 Å². The summed E-state index contributed by atoms with van der Waals surface area (Å²) in [6.07, 6.45) is 9.58. The molecule has 1 saturated heterocycles. The molecular formula is C13H24N4. The first-order valence-electron chi connectivity index (χ1n) is 6.80. The van der Waals surface area contributed by atoms with E-state index in [1.165, 1.54) is 45.4 Å². The summed E-state index contributed by atoms with van der Waals surface area (Å²) >= 11 is 0. The highest BCUT2D eigenvalue weighted by Gasteiger charge is 2.20. The van der Waals surface area contributed by atoms with Crippen molar-refractivity contribution in [2.75, 3.05) is 26.2 Å². The molecule has 17 heavy (non-hydrogen) atoms. The molecule has 0 aromatic carbocycles. The van der Waals surface area contributed by atoms with Gasteiger partial charge in [-0.3, -0.25) is 4.90 Å². The number of nitrogens with zero attached hydrogens (tertiary/aromatic N) is 3. The van der Waals surface area contributed by atoms with Crippen LogP contribution in [0.15, 0.2) is 18.7 Å². The van der Waals surface area contributed by atoms with Crippen molar-refractivity contribution in [1.82, 2.24) is 19.8 Å². The molecule has 4 nitrogen and oxygen atoms in total. The summed E-state index contributed by atoms with van der Waals surface area (Å²) in [4.78, 5) is 6.72. The van der Waals surface area contributed by atoms with Gasteiger partial charge in [-0.05, 0) is 32.4 Å². The lowest BCUT2D eigenvalue weighted by atomic mass is 10.2. The van der Waals surface area contributed by atoms with Crippen LogP contribution in [0.3, 0.4) is 0 Å². The number of aromatic nitrogens is 2. The molecule has 0 saturated carbocycles. The van der Waals surface area contributed by atoms with E-state index in [1.807, 2.05) is 18.7 Å². The molecule has 1 aromatic heterocycles. The molecule has 0 amide bonds. The van der Waals surface area contributed by atoms with E-state index in [0.29, 0.717) is 0 Å². The summed E-state index contributed by atoms with van der Waals surface area (Å²) in [6.45, 7) is 8.15. The van der Waals surface area contributed by atoms with Crippen molar-refractivity contribution in [1.29, 1.82) is 0 Å². The molecule has 96 valence electrons. The molecule has 0 radical (unpaired) electrons. The lowest BCUT2D eigenvalue weighted by Crippen LogP contribution is -2.38. The fraction of sp³-hybridized carbons (Fsp3) is 0.769. The molecule has 2 rings (SSSR count). The highest BCUT2D eigenvalue weighted by molar-refractivity contribution is 4.81. The van der Waals surface area contributed by atoms with Gasteiger partial charge in [0.2, 0.25) is 0 Å². The normalized spacial score (nSPS) is 20.2. The van der Waals surface area contributed by atoms with Crippen LogP contribution in [-0.4, -0.2) is 46.7 Å². The van der Waals surface area contributed by atoms with E-state index in [1.54, 1.807) is 0 Å². The number of nitrogens with one attached hydrogen (secondary N) is 1. The molecule has 1 N–H and O–H groups in total. The van der Waals surface area contributed by atoms with Gasteiger partial charge >= 0.3 is 0 Å². The van der Waals surface area contributed by atoms with Crippen molar-refractivity contribution in [2.45, 2.75) is 38.8 Å². The van der Waals surface area contributed by atoms with Gasteiger partial charge in [-0.1, -0.05) is 6.92 Å². The Balaban J connectivity index is 1.73. The quantitative estimate of drug-likeness (QED) is 0.776. The second-order valence-electron chi connectivity index (χ2n) is 4.84. The molecule has 1 aromatic rings. The SMILES string of the molecule is CCCN(CCCn1ccnc1)C1CCNC1. The van der Waals surface area contributed by atoms with Crippen molar-refractivity contribution in [3.63, 3.8) is 0 Å². The van der Waals surface area contributed by atoms with Crippen LogP contribution in [-0.2, 0) is 6.54 Å². The Bertz CT molecular complexity index is 290. The van der Waals surface area contributed by atoms with Crippen LogP contribution in [0.5, 0.6) is 0 Å². The Morgan fingerprint density at radius 3 is 3.06 bits per heavy atom. The van der Waals surface area contributed by atoms with Crippen LogP contribution < -0.4 is 5.32 Å². The zero-order valence-corrected chi connectivity index (χ0v) is 10.8. The second kappa shape index (κ2) is 6.77. The maximum Gasteiger partial charge on any atom is 0.0945 e. The van der Waals surface area contributed by atoms with Crippen LogP contribution in [0.4, 0.5) is 0 Å². The largest absolute Gasteiger partial charge is 0.337 e. The molecule has 0 spiro atoms. The minimum atomic E-state index is 0.762. The molecule has 1 aliphatic rings. The minimum absolute atomic E-state index is 0.762. The number of rotatable bonds is 7. The molecule has 1 aliphatic heterocycles. The summed E-state index contributed by atoms with van der Waals surface area (Å²) in [5.74, 6) is 0. The molecule has 2 heterocycles. The summed E-state index contributed by atoms with van der Waals surface area (Å²) in [7, 11) is 0. The predicted molar refractivity (Wildman–Crippen MR) is 70.0 cm³/mol. The maximum absolute atomic E-state index is 4.07. The van der Waals surface area contributed by atoms with E-state index < -0.39 is 0 Å². The topological polar surface area (TPSA) is 33.1 Å². The summed E-state index contributed by atoms with van der Waals surface area (Å²) in [6, 6.07) is 0.762. The Hall–Kier alpha value is -0.870. The zero-order valence-electron chi connectivity index (χ0n) is 10.8. The monoisotopic (exact) mass is 236 g/mol. The molecule has 1 unspecified atom stereocenters. The molecule has 0 aliphatic carbocycles. The molecule has 4 heteroatoms. The third-order valence-electron chi connectivity index (χ3n) is 3.48. The average molecular weight is 236 g/mol. The van der Waals surface area contributed by atoms with E-state index in [2.05, 4.69) is 26.7 Å². The van der Waals surface area contributed by atoms with Crippen LogP contribution in [0.1, 0.15) is 26.2 Å². The molecule has 0 bridgehead atoms. The fourth-order valence-electron chi connectivity index (χ4n) is 2.59. The maximum atomic E-state index is 4.07. The first-order valence-corrected chi connectivity index (χ1v) is 6.80. The Morgan fingerprint density at radius 1 is 1.47 bits per heavy atom. The predicted octanol–water partition coefficient (Wildman–Crippen LogP) is 1.35. The van der Waals surface area contributed by atoms with Crippen molar-refractivity contribution < 1.29 is 0 Å². The molecular weight excluding hydrogens is 212 g/mol. The lowest BCUT2D eigenvalue weighted by molar-refractivity contribution is 0.202. The van der Waals surface area contributed by atoms with E-state index in [9.17, 15) is 0 Å². The smallest absolute Gasteiger partial charge is 0.0945 e. The second-order valence-corrected chi connectivity index (χ2v) is 4.84. The third-order valence-corrected chi connectivity index (χ3v) is 3.48. The molecule has 1 fully saturated rings. The first-order chi connectivity index (χ1) is 8.40. The van der Waals surface area contributed by atoms with Gasteiger partial charge < -0.3 is 9.88 Å². The fourth-order valence-corrected chi connectivity index (χ4v) is 2.59. The van der Waals surface area contributed by atoms with Gasteiger partial charge in [0, 0.05) is 38.1 Å². The number of hydrogen-bond donors (Lipinski definition) is 1. The van der Waals surface area contributed by atoms with Gasteiger partial charge in [0.25, 0.3) is 0 Å². The van der Waals surface area contributed by atoms with Crippen LogP contribution in [0.2, 0.25) is 0 Å². The van der Waals surface area contributed by atoms with Gasteiger partial charge in [0.15, 0.2) is 0 Å². The summed E-state index contributed by atoms with van der Waals surface area (Å²) < 4.78 is 2.16. The third kappa shape index (κ3) is 3.82. The van der Waals surface area contributed by atoms with Crippen molar-refractivity contribution in [2.24, 2.45) is 0 Å². The number of imidazole rings is 1. The van der Waals surface area contributed by atoms with E-state index >= 15 is 0 Å². The van der Waals surface area contributed by atoms with Crippen LogP contribution in [0.25, 0.3) is 0 Å². The Labute approximate surface area is 104 Å². The molecule has 1 atom stereocenters. The van der Waals surface area contributed by atoms with E-state index in [0.717, 1.165) is 12.6 Å². The van der Waals surface area contributed by atoms with Crippen LogP contribution >= 0.6 is 0 Å². The summed E-state index contributed by atoms with van der Waals surface area (Å²) in [5, 5.41) is 3.46. The van der Waals surface area contributed by atoms with E-state index in [4.69, 9.17) is 0 Å². The van der Waals surface area contributed by atoms with Crippen molar-refractivity contribution in [3.05, 3.63) is 18.7 Å². The van der Waals surface area contributed by atoms with Gasteiger partial charge in [0.05, 0.1) is 6.33 Å². The average Bonchev–Trinajstić information content (AvgIpc) is 3.01. The standard InChI is InChI=1S/C13H24N4/c1-2-7-17(13-4-5-14-11-13)9-3-8-16-10-6-15-12-16/h6,10,12-14H,2-5,7-9,11H2,1H3. The van der Waals surface area contributed by atoms with Crippen molar-refractivity contribution >= 4 is 0 Å². The zero-order chi connectivity index (χ0) is 11.9. The van der Waals surface area contributed by atoms with E-state index in [-0.39, 0.29) is 0 Å². The first kappa shape index (κ1) is 12.6. The van der Waals surface area contributed by atoms with Gasteiger partial charge in [0.1, 0.15) is 0 Å². The van der Waals surface area contributed by atoms with Gasteiger partial charge in [-0.2, -0.15) is 0 Å². The highest BCUT2D eigenvalue weighted by atomic mass is 15.2. The Morgan fingerprint density at radius 2 is 2.41 bits per heavy atom. The highest BCUT2D eigenvalue weighted by Crippen LogP contribution is 2.10. The summed E-state index contributed by atoms with van der Waals surface area (Å²) in [5.41, 5.74) is 0.